The number of aromatic nitrogens is 2. The number of fused-ring (bicyclic) bond motifs is 1. The monoisotopic (exact) mass is 268 g/mol. The predicted molar refractivity (Wildman–Crippen MR) is 66.0 cm³/mol. The van der Waals surface area contributed by atoms with E-state index in [-0.39, 0.29) is 12.2 Å². The molecule has 0 bridgehead atoms. The Kier molecular flexibility index (Phi) is 3.44. The SMILES string of the molecule is Cc1csc2nc(CO[C@@H](C)C(=O)O)cc(=O)n12. The molecule has 2 heterocycles. The summed E-state index contributed by atoms with van der Waals surface area (Å²) in [5.74, 6) is -1.04. The molecule has 7 heteroatoms. The number of aryl methyl sites for hydroxylation is 1. The molecule has 96 valence electrons. The molecule has 18 heavy (non-hydrogen) atoms. The first-order valence-corrected chi connectivity index (χ1v) is 6.18. The molecule has 0 unspecified atom stereocenters. The van der Waals surface area contributed by atoms with Crippen LogP contribution < -0.4 is 5.56 Å². The minimum absolute atomic E-state index is 0.0101. The molecule has 6 nitrogen and oxygen atoms in total. The standard InChI is InChI=1S/C11H12N2O4S/c1-6-5-18-11-12-8(3-9(14)13(6)11)4-17-7(2)10(15)16/h3,5,7H,4H2,1-2H3,(H,15,16)/t7-/m0/s1. The summed E-state index contributed by atoms with van der Waals surface area (Å²) < 4.78 is 6.60. The second-order valence-electron chi connectivity index (χ2n) is 3.87. The Labute approximate surface area is 106 Å². The Morgan fingerprint density at radius 3 is 3.06 bits per heavy atom. The van der Waals surface area contributed by atoms with E-state index in [2.05, 4.69) is 4.98 Å². The lowest BCUT2D eigenvalue weighted by molar-refractivity contribution is -0.149. The highest BCUT2D eigenvalue weighted by Gasteiger charge is 2.12. The molecule has 0 radical (unpaired) electrons. The third-order valence-electron chi connectivity index (χ3n) is 2.46. The highest BCUT2D eigenvalue weighted by molar-refractivity contribution is 7.15. The van der Waals surface area contributed by atoms with Crippen LogP contribution >= 0.6 is 11.3 Å². The van der Waals surface area contributed by atoms with E-state index < -0.39 is 12.1 Å². The number of hydrogen-bond donors (Lipinski definition) is 1. The molecule has 0 saturated carbocycles. The van der Waals surface area contributed by atoms with E-state index in [9.17, 15) is 9.59 Å². The van der Waals surface area contributed by atoms with E-state index in [0.717, 1.165) is 5.69 Å². The molecule has 0 saturated heterocycles. The van der Waals surface area contributed by atoms with Crippen molar-refractivity contribution in [3.05, 3.63) is 33.2 Å². The van der Waals surface area contributed by atoms with E-state index in [0.29, 0.717) is 10.7 Å². The average molecular weight is 268 g/mol. The van der Waals surface area contributed by atoms with Gasteiger partial charge in [0.2, 0.25) is 0 Å². The zero-order chi connectivity index (χ0) is 13.3. The van der Waals surface area contributed by atoms with Crippen molar-refractivity contribution in [3.8, 4) is 0 Å². The van der Waals surface area contributed by atoms with Crippen molar-refractivity contribution in [2.24, 2.45) is 0 Å². The summed E-state index contributed by atoms with van der Waals surface area (Å²) in [5, 5.41) is 10.5. The van der Waals surface area contributed by atoms with E-state index in [1.54, 1.807) is 0 Å². The fourth-order valence-corrected chi connectivity index (χ4v) is 2.35. The van der Waals surface area contributed by atoms with Crippen LogP contribution in [0.5, 0.6) is 0 Å². The molecule has 0 fully saturated rings. The fourth-order valence-electron chi connectivity index (χ4n) is 1.46. The molecule has 0 aromatic carbocycles. The summed E-state index contributed by atoms with van der Waals surface area (Å²) in [4.78, 5) is 27.2. The third kappa shape index (κ3) is 2.41. The van der Waals surface area contributed by atoms with Crippen molar-refractivity contribution in [2.75, 3.05) is 0 Å². The van der Waals surface area contributed by atoms with Crippen LogP contribution in [-0.4, -0.2) is 26.6 Å². The lowest BCUT2D eigenvalue weighted by Crippen LogP contribution is -2.21. The van der Waals surface area contributed by atoms with Crippen molar-refractivity contribution in [3.63, 3.8) is 0 Å². The minimum atomic E-state index is -1.04. The summed E-state index contributed by atoms with van der Waals surface area (Å²) >= 11 is 1.36. The molecule has 0 aliphatic rings. The third-order valence-corrected chi connectivity index (χ3v) is 3.40. The number of hydrogen-bond acceptors (Lipinski definition) is 5. The smallest absolute Gasteiger partial charge is 0.332 e. The van der Waals surface area contributed by atoms with Gasteiger partial charge in [-0.1, -0.05) is 0 Å². The number of carbonyl (C=O) groups is 1. The highest BCUT2D eigenvalue weighted by atomic mass is 32.1. The molecular formula is C11H12N2O4S. The number of carboxylic acids is 1. The molecule has 1 N–H and O–H groups in total. The zero-order valence-electron chi connectivity index (χ0n) is 9.91. The lowest BCUT2D eigenvalue weighted by atomic mass is 10.4. The number of ether oxygens (including phenoxy) is 1. The van der Waals surface area contributed by atoms with Crippen LogP contribution in [0.25, 0.3) is 4.96 Å². The fraction of sp³-hybridized carbons (Fsp3) is 0.364. The molecule has 1 atom stereocenters. The number of nitrogens with zero attached hydrogens (tertiary/aromatic N) is 2. The Bertz CT molecular complexity index is 646. The van der Waals surface area contributed by atoms with Crippen molar-refractivity contribution < 1.29 is 14.6 Å². The number of rotatable bonds is 4. The number of aliphatic carboxylic acids is 1. The van der Waals surface area contributed by atoms with Gasteiger partial charge < -0.3 is 9.84 Å². The summed E-state index contributed by atoms with van der Waals surface area (Å²) in [6.45, 7) is 3.27. The minimum Gasteiger partial charge on any atom is -0.479 e. The van der Waals surface area contributed by atoms with Crippen molar-refractivity contribution >= 4 is 22.3 Å². The maximum Gasteiger partial charge on any atom is 0.332 e. The quantitative estimate of drug-likeness (QED) is 0.896. The maximum absolute atomic E-state index is 11.8. The predicted octanol–water partition coefficient (Wildman–Crippen LogP) is 1.05. The van der Waals surface area contributed by atoms with Gasteiger partial charge in [-0.15, -0.1) is 11.3 Å². The molecule has 0 aliphatic heterocycles. The first-order chi connectivity index (χ1) is 8.49. The molecule has 2 rings (SSSR count). The first-order valence-electron chi connectivity index (χ1n) is 5.30. The van der Waals surface area contributed by atoms with Crippen LogP contribution in [0, 0.1) is 6.92 Å². The summed E-state index contributed by atoms with van der Waals surface area (Å²) in [6.07, 6.45) is -0.921. The Morgan fingerprint density at radius 1 is 1.67 bits per heavy atom. The van der Waals surface area contributed by atoms with Crippen LogP contribution in [-0.2, 0) is 16.1 Å². The maximum atomic E-state index is 11.8. The van der Waals surface area contributed by atoms with E-state index in [1.165, 1.54) is 28.7 Å². The van der Waals surface area contributed by atoms with Crippen molar-refractivity contribution in [1.29, 1.82) is 0 Å². The van der Waals surface area contributed by atoms with Gasteiger partial charge >= 0.3 is 5.97 Å². The summed E-state index contributed by atoms with van der Waals surface area (Å²) in [6, 6.07) is 1.36. The van der Waals surface area contributed by atoms with Crippen molar-refractivity contribution in [2.45, 2.75) is 26.6 Å². The van der Waals surface area contributed by atoms with Crippen molar-refractivity contribution in [1.82, 2.24) is 9.38 Å². The van der Waals surface area contributed by atoms with Crippen LogP contribution in [0.2, 0.25) is 0 Å². The number of thiazole rings is 1. The Balaban J connectivity index is 2.25. The van der Waals surface area contributed by atoms with Gasteiger partial charge in [0, 0.05) is 17.1 Å². The molecule has 0 amide bonds. The van der Waals surface area contributed by atoms with Gasteiger partial charge in [0.1, 0.15) is 0 Å². The van der Waals surface area contributed by atoms with Gasteiger partial charge in [-0.2, -0.15) is 0 Å². The molecule has 0 aliphatic carbocycles. The van der Waals surface area contributed by atoms with Crippen LogP contribution in [0.4, 0.5) is 0 Å². The summed E-state index contributed by atoms with van der Waals surface area (Å²) in [7, 11) is 0. The molecular weight excluding hydrogens is 256 g/mol. The molecule has 0 spiro atoms. The van der Waals surface area contributed by atoms with E-state index in [4.69, 9.17) is 9.84 Å². The van der Waals surface area contributed by atoms with E-state index in [1.807, 2.05) is 12.3 Å². The van der Waals surface area contributed by atoms with Gasteiger partial charge in [0.05, 0.1) is 12.3 Å². The second-order valence-corrected chi connectivity index (χ2v) is 4.71. The van der Waals surface area contributed by atoms with Crippen LogP contribution in [0.1, 0.15) is 18.3 Å². The van der Waals surface area contributed by atoms with E-state index >= 15 is 0 Å². The Morgan fingerprint density at radius 2 is 2.39 bits per heavy atom. The molecule has 2 aromatic rings. The zero-order valence-corrected chi connectivity index (χ0v) is 10.7. The van der Waals surface area contributed by atoms with Gasteiger partial charge in [0.25, 0.3) is 5.56 Å². The Hall–Kier alpha value is -1.73. The topological polar surface area (TPSA) is 80.9 Å². The second kappa shape index (κ2) is 4.87. The van der Waals surface area contributed by atoms with Crippen LogP contribution in [0.3, 0.4) is 0 Å². The molecule has 2 aromatic heterocycles. The lowest BCUT2D eigenvalue weighted by Gasteiger charge is -2.07. The summed E-state index contributed by atoms with van der Waals surface area (Å²) in [5.41, 5.74) is 1.09. The van der Waals surface area contributed by atoms with Gasteiger partial charge in [-0.3, -0.25) is 9.20 Å². The van der Waals surface area contributed by atoms with Gasteiger partial charge in [-0.25, -0.2) is 9.78 Å². The highest BCUT2D eigenvalue weighted by Crippen LogP contribution is 2.12. The first kappa shape index (κ1) is 12.7. The average Bonchev–Trinajstić information content (AvgIpc) is 2.68. The largest absolute Gasteiger partial charge is 0.479 e. The van der Waals surface area contributed by atoms with Crippen LogP contribution in [0.15, 0.2) is 16.2 Å². The van der Waals surface area contributed by atoms with Gasteiger partial charge in [0.15, 0.2) is 11.1 Å². The normalized spacial score (nSPS) is 12.8. The van der Waals surface area contributed by atoms with Gasteiger partial charge in [-0.05, 0) is 13.8 Å². The number of carboxylic acid groups (broad SMARTS) is 1.